The number of nitrogens with zero attached hydrogens (tertiary/aromatic N) is 2. The summed E-state index contributed by atoms with van der Waals surface area (Å²) in [5.74, 6) is 0.224. The topological polar surface area (TPSA) is 64.7 Å². The van der Waals surface area contributed by atoms with Crippen LogP contribution in [-0.2, 0) is 24.4 Å². The number of fused-ring (bicyclic) bond motifs is 1. The Labute approximate surface area is 243 Å². The van der Waals surface area contributed by atoms with E-state index in [1.54, 1.807) is 0 Å². The second kappa shape index (κ2) is 14.0. The molecule has 4 aromatic rings. The number of likely N-dealkylation sites (tertiary alicyclic amines) is 1. The maximum atomic E-state index is 13.6. The van der Waals surface area contributed by atoms with E-state index in [-0.39, 0.29) is 18.0 Å². The second-order valence-corrected chi connectivity index (χ2v) is 10.9. The minimum absolute atomic E-state index is 0.0909. The highest BCUT2D eigenvalue weighted by Gasteiger charge is 2.22. The first-order chi connectivity index (χ1) is 20.1. The predicted molar refractivity (Wildman–Crippen MR) is 165 cm³/mol. The molecule has 5 rings (SSSR count). The number of nitrogens with one attached hydrogen (secondary N) is 2. The Morgan fingerprint density at radius 3 is 2.29 bits per heavy atom. The van der Waals surface area contributed by atoms with Crippen molar-refractivity contribution in [3.05, 3.63) is 119 Å². The fourth-order valence-electron chi connectivity index (χ4n) is 5.56. The van der Waals surface area contributed by atoms with Gasteiger partial charge in [0.25, 0.3) is 0 Å². The van der Waals surface area contributed by atoms with Gasteiger partial charge in [0, 0.05) is 45.7 Å². The number of amides is 3. The van der Waals surface area contributed by atoms with Gasteiger partial charge in [0.2, 0.25) is 5.91 Å². The lowest BCUT2D eigenvalue weighted by Crippen LogP contribution is -2.42. The molecule has 0 aromatic heterocycles. The maximum absolute atomic E-state index is 13.6. The molecule has 0 spiro atoms. The number of carbonyl (C=O) groups excluding carboxylic acids is 2. The molecule has 2 N–H and O–H groups in total. The van der Waals surface area contributed by atoms with Crippen LogP contribution in [0.2, 0.25) is 0 Å². The molecular weight excluding hydrogens is 508 g/mol. The van der Waals surface area contributed by atoms with Crippen LogP contribution < -0.4 is 10.6 Å². The summed E-state index contributed by atoms with van der Waals surface area (Å²) in [7, 11) is 0. The van der Waals surface area contributed by atoms with Crippen LogP contribution >= 0.6 is 0 Å². The summed E-state index contributed by atoms with van der Waals surface area (Å²) < 4.78 is 0. The summed E-state index contributed by atoms with van der Waals surface area (Å²) in [6.07, 6.45) is 2.32. The summed E-state index contributed by atoms with van der Waals surface area (Å²) in [6, 6.07) is 33.1. The number of hydrogen-bond acceptors (Lipinski definition) is 3. The largest absolute Gasteiger partial charge is 0.343 e. The molecule has 1 saturated heterocycles. The molecule has 1 aliphatic rings. The summed E-state index contributed by atoms with van der Waals surface area (Å²) >= 11 is 0. The molecule has 1 heterocycles. The van der Waals surface area contributed by atoms with Crippen LogP contribution in [0.25, 0.3) is 10.8 Å². The molecule has 0 aliphatic carbocycles. The van der Waals surface area contributed by atoms with E-state index in [0.29, 0.717) is 26.1 Å². The quantitative estimate of drug-likeness (QED) is 0.215. The molecule has 1 fully saturated rings. The number of benzene rings is 4. The number of carbonyl (C=O) groups is 2. The molecule has 0 radical (unpaired) electrons. The van der Waals surface area contributed by atoms with Gasteiger partial charge in [-0.1, -0.05) is 97.1 Å². The molecule has 0 saturated carbocycles. The zero-order chi connectivity index (χ0) is 28.4. The third-order valence-corrected chi connectivity index (χ3v) is 7.84. The first-order valence-corrected chi connectivity index (χ1v) is 14.7. The number of urea groups is 1. The maximum Gasteiger partial charge on any atom is 0.318 e. The summed E-state index contributed by atoms with van der Waals surface area (Å²) in [5, 5.41) is 9.06. The highest BCUT2D eigenvalue weighted by molar-refractivity contribution is 5.86. The summed E-state index contributed by atoms with van der Waals surface area (Å²) in [5.41, 5.74) is 4.66. The van der Waals surface area contributed by atoms with Crippen LogP contribution in [0.15, 0.2) is 97.1 Å². The van der Waals surface area contributed by atoms with Crippen LogP contribution in [0.3, 0.4) is 0 Å². The van der Waals surface area contributed by atoms with Gasteiger partial charge in [-0.3, -0.25) is 4.79 Å². The van der Waals surface area contributed by atoms with E-state index >= 15 is 0 Å². The zero-order valence-electron chi connectivity index (χ0n) is 23.9. The Kier molecular flexibility index (Phi) is 9.65. The van der Waals surface area contributed by atoms with Gasteiger partial charge in [-0.15, -0.1) is 0 Å². The van der Waals surface area contributed by atoms with Crippen molar-refractivity contribution in [1.82, 2.24) is 20.4 Å². The summed E-state index contributed by atoms with van der Waals surface area (Å²) in [4.78, 5) is 29.5. The Hall–Kier alpha value is -4.16. The second-order valence-electron chi connectivity index (χ2n) is 10.9. The van der Waals surface area contributed by atoms with Crippen LogP contribution in [0, 0.1) is 0 Å². The lowest BCUT2D eigenvalue weighted by Gasteiger charge is -2.27. The third kappa shape index (κ3) is 7.74. The van der Waals surface area contributed by atoms with Crippen LogP contribution in [0.1, 0.15) is 54.5 Å². The van der Waals surface area contributed by atoms with Gasteiger partial charge in [-0.05, 0) is 52.8 Å². The van der Waals surface area contributed by atoms with Gasteiger partial charge in [-0.2, -0.15) is 0 Å². The molecule has 0 bridgehead atoms. The average Bonchev–Trinajstić information content (AvgIpc) is 3.41. The standard InChI is InChI=1S/C35H40N4O2/c1-27(32-15-7-13-31-12-5-6-14-33(31)32)37-35(41)39(23-9-22-38-21-8-16-34(38)40)26-30-19-17-29(18-20-30)25-36-24-28-10-3-2-4-11-28/h2-7,10-15,17-20,27,36H,8-9,16,21-26H2,1H3,(H,37,41). The van der Waals surface area contributed by atoms with E-state index in [9.17, 15) is 9.59 Å². The summed E-state index contributed by atoms with van der Waals surface area (Å²) in [6.45, 7) is 6.25. The van der Waals surface area contributed by atoms with E-state index in [1.165, 1.54) is 11.1 Å². The molecule has 1 aliphatic heterocycles. The van der Waals surface area contributed by atoms with Gasteiger partial charge in [0.15, 0.2) is 0 Å². The van der Waals surface area contributed by atoms with Crippen molar-refractivity contribution in [3.8, 4) is 0 Å². The van der Waals surface area contributed by atoms with E-state index in [0.717, 1.165) is 54.4 Å². The predicted octanol–water partition coefficient (Wildman–Crippen LogP) is 6.41. The molecule has 1 atom stereocenters. The van der Waals surface area contributed by atoms with Gasteiger partial charge >= 0.3 is 6.03 Å². The van der Waals surface area contributed by atoms with Crippen molar-refractivity contribution in [2.24, 2.45) is 0 Å². The van der Waals surface area contributed by atoms with Crippen molar-refractivity contribution >= 4 is 22.7 Å². The Balaban J connectivity index is 1.22. The van der Waals surface area contributed by atoms with Crippen molar-refractivity contribution in [2.45, 2.75) is 51.9 Å². The van der Waals surface area contributed by atoms with Gasteiger partial charge in [0.05, 0.1) is 6.04 Å². The number of hydrogen-bond donors (Lipinski definition) is 2. The molecular formula is C35H40N4O2. The third-order valence-electron chi connectivity index (χ3n) is 7.84. The zero-order valence-corrected chi connectivity index (χ0v) is 23.9. The minimum Gasteiger partial charge on any atom is -0.343 e. The van der Waals surface area contributed by atoms with Gasteiger partial charge in [-0.25, -0.2) is 4.79 Å². The average molecular weight is 549 g/mol. The van der Waals surface area contributed by atoms with Crippen molar-refractivity contribution in [1.29, 1.82) is 0 Å². The number of rotatable bonds is 12. The first kappa shape index (κ1) is 28.4. The fourth-order valence-corrected chi connectivity index (χ4v) is 5.56. The van der Waals surface area contributed by atoms with Gasteiger partial charge < -0.3 is 20.4 Å². The van der Waals surface area contributed by atoms with E-state index in [1.807, 2.05) is 41.0 Å². The molecule has 4 aromatic carbocycles. The smallest absolute Gasteiger partial charge is 0.318 e. The van der Waals surface area contributed by atoms with Crippen molar-refractivity contribution < 1.29 is 9.59 Å². The molecule has 6 nitrogen and oxygen atoms in total. The van der Waals surface area contributed by atoms with Crippen LogP contribution in [0.4, 0.5) is 4.79 Å². The monoisotopic (exact) mass is 548 g/mol. The molecule has 1 unspecified atom stereocenters. The normalized spacial score (nSPS) is 13.9. The van der Waals surface area contributed by atoms with Crippen molar-refractivity contribution in [2.75, 3.05) is 19.6 Å². The van der Waals surface area contributed by atoms with Crippen LogP contribution in [0.5, 0.6) is 0 Å². The Morgan fingerprint density at radius 2 is 1.54 bits per heavy atom. The minimum atomic E-state index is -0.144. The van der Waals surface area contributed by atoms with Crippen LogP contribution in [-0.4, -0.2) is 41.4 Å². The highest BCUT2D eigenvalue weighted by Crippen LogP contribution is 2.24. The Bertz CT molecular complexity index is 1430. The van der Waals surface area contributed by atoms with Crippen molar-refractivity contribution in [3.63, 3.8) is 0 Å². The fraction of sp³-hybridized carbons (Fsp3) is 0.314. The lowest BCUT2D eigenvalue weighted by atomic mass is 10.00. The van der Waals surface area contributed by atoms with Gasteiger partial charge in [0.1, 0.15) is 0 Å². The molecule has 6 heteroatoms. The lowest BCUT2D eigenvalue weighted by molar-refractivity contribution is -0.127. The highest BCUT2D eigenvalue weighted by atomic mass is 16.2. The first-order valence-electron chi connectivity index (χ1n) is 14.7. The SMILES string of the molecule is CC(NC(=O)N(CCCN1CCCC1=O)Cc1ccc(CNCc2ccccc2)cc1)c1cccc2ccccc12. The van der Waals surface area contributed by atoms with E-state index in [2.05, 4.69) is 83.4 Å². The van der Waals surface area contributed by atoms with E-state index < -0.39 is 0 Å². The molecule has 212 valence electrons. The molecule has 3 amide bonds. The molecule has 41 heavy (non-hydrogen) atoms. The van der Waals surface area contributed by atoms with E-state index in [4.69, 9.17) is 0 Å². The Morgan fingerprint density at radius 1 is 0.854 bits per heavy atom.